The molecule has 20 heavy (non-hydrogen) atoms. The van der Waals surface area contributed by atoms with Crippen LogP contribution in [-0.2, 0) is 17.7 Å². The Morgan fingerprint density at radius 3 is 2.60 bits per heavy atom. The average molecular weight is 278 g/mol. The Hall–Kier alpha value is -1.55. The van der Waals surface area contributed by atoms with Gasteiger partial charge in [-0.05, 0) is 51.2 Å². The second-order valence-corrected chi connectivity index (χ2v) is 5.91. The number of hydrogen-bond donors (Lipinski definition) is 2. The molecular formula is C16H26N2O2. The standard InChI is InChI=1S/C16H26N2O2/c1-16(2,3)20-15(19)18-10-5-4-7-13-8-6-9-14(11-13)12-17/h6,8-9,11H,4-5,7,10,12,17H2,1-3H3,(H,18,19). The Balaban J connectivity index is 2.17. The lowest BCUT2D eigenvalue weighted by Gasteiger charge is -2.19. The predicted octanol–water partition coefficient (Wildman–Crippen LogP) is 2.99. The first kappa shape index (κ1) is 16.5. The van der Waals surface area contributed by atoms with Crippen LogP contribution in [0.5, 0.6) is 0 Å². The third-order valence-corrected chi connectivity index (χ3v) is 2.79. The molecule has 112 valence electrons. The highest BCUT2D eigenvalue weighted by Gasteiger charge is 2.15. The highest BCUT2D eigenvalue weighted by atomic mass is 16.6. The maximum Gasteiger partial charge on any atom is 0.407 e. The van der Waals surface area contributed by atoms with E-state index in [4.69, 9.17) is 10.5 Å². The molecule has 0 aromatic heterocycles. The number of hydrogen-bond acceptors (Lipinski definition) is 3. The van der Waals surface area contributed by atoms with Crippen LogP contribution in [0, 0.1) is 0 Å². The number of aryl methyl sites for hydroxylation is 1. The van der Waals surface area contributed by atoms with E-state index in [1.165, 1.54) is 5.56 Å². The first-order valence-electron chi connectivity index (χ1n) is 7.15. The summed E-state index contributed by atoms with van der Waals surface area (Å²) in [6.45, 7) is 6.80. The van der Waals surface area contributed by atoms with Gasteiger partial charge in [-0.3, -0.25) is 0 Å². The largest absolute Gasteiger partial charge is 0.444 e. The topological polar surface area (TPSA) is 64.3 Å². The van der Waals surface area contributed by atoms with Crippen molar-refractivity contribution in [1.29, 1.82) is 0 Å². The van der Waals surface area contributed by atoms with Crippen molar-refractivity contribution in [2.24, 2.45) is 5.73 Å². The van der Waals surface area contributed by atoms with Crippen LogP contribution in [0.3, 0.4) is 0 Å². The van der Waals surface area contributed by atoms with Gasteiger partial charge in [-0.25, -0.2) is 4.79 Å². The van der Waals surface area contributed by atoms with Crippen LogP contribution < -0.4 is 11.1 Å². The summed E-state index contributed by atoms with van der Waals surface area (Å²) >= 11 is 0. The molecule has 3 N–H and O–H groups in total. The minimum atomic E-state index is -0.438. The van der Waals surface area contributed by atoms with E-state index >= 15 is 0 Å². The van der Waals surface area contributed by atoms with E-state index in [0.717, 1.165) is 24.8 Å². The van der Waals surface area contributed by atoms with E-state index in [1.807, 2.05) is 32.9 Å². The summed E-state index contributed by atoms with van der Waals surface area (Å²) in [6, 6.07) is 8.33. The van der Waals surface area contributed by atoms with Crippen molar-refractivity contribution in [3.63, 3.8) is 0 Å². The minimum absolute atomic E-state index is 0.345. The molecule has 4 nitrogen and oxygen atoms in total. The molecule has 1 aromatic rings. The van der Waals surface area contributed by atoms with Crippen LogP contribution in [0.15, 0.2) is 24.3 Å². The summed E-state index contributed by atoms with van der Waals surface area (Å²) in [5.74, 6) is 0. The number of carbonyl (C=O) groups is 1. The molecule has 0 saturated carbocycles. The van der Waals surface area contributed by atoms with Gasteiger partial charge in [-0.15, -0.1) is 0 Å². The van der Waals surface area contributed by atoms with Crippen molar-refractivity contribution in [3.8, 4) is 0 Å². The Bertz CT molecular complexity index is 425. The molecule has 0 fully saturated rings. The van der Waals surface area contributed by atoms with Crippen LogP contribution in [-0.4, -0.2) is 18.2 Å². The van der Waals surface area contributed by atoms with Crippen molar-refractivity contribution in [2.75, 3.05) is 6.54 Å². The monoisotopic (exact) mass is 278 g/mol. The van der Waals surface area contributed by atoms with Gasteiger partial charge in [0.15, 0.2) is 0 Å². The number of nitrogens with two attached hydrogens (primary N) is 1. The Morgan fingerprint density at radius 1 is 1.25 bits per heavy atom. The van der Waals surface area contributed by atoms with Gasteiger partial charge in [0, 0.05) is 13.1 Å². The third-order valence-electron chi connectivity index (χ3n) is 2.79. The van der Waals surface area contributed by atoms with E-state index in [9.17, 15) is 4.79 Å². The summed E-state index contributed by atoms with van der Waals surface area (Å²) in [5.41, 5.74) is 7.64. The van der Waals surface area contributed by atoms with Gasteiger partial charge in [0.25, 0.3) is 0 Å². The van der Waals surface area contributed by atoms with Gasteiger partial charge in [0.05, 0.1) is 0 Å². The molecule has 0 bridgehead atoms. The lowest BCUT2D eigenvalue weighted by Crippen LogP contribution is -2.33. The van der Waals surface area contributed by atoms with Gasteiger partial charge in [0.1, 0.15) is 5.60 Å². The van der Waals surface area contributed by atoms with E-state index in [0.29, 0.717) is 13.1 Å². The zero-order valence-corrected chi connectivity index (χ0v) is 12.7. The van der Waals surface area contributed by atoms with Crippen molar-refractivity contribution >= 4 is 6.09 Å². The molecule has 0 heterocycles. The number of amides is 1. The first-order valence-corrected chi connectivity index (χ1v) is 7.15. The molecule has 0 spiro atoms. The molecule has 0 aliphatic carbocycles. The van der Waals surface area contributed by atoms with Gasteiger partial charge < -0.3 is 15.8 Å². The molecule has 0 aliphatic rings. The van der Waals surface area contributed by atoms with E-state index in [-0.39, 0.29) is 6.09 Å². The number of alkyl carbamates (subject to hydrolysis) is 1. The molecule has 0 saturated heterocycles. The van der Waals surface area contributed by atoms with Crippen molar-refractivity contribution in [2.45, 2.75) is 52.2 Å². The van der Waals surface area contributed by atoms with Crippen LogP contribution in [0.1, 0.15) is 44.7 Å². The van der Waals surface area contributed by atoms with Crippen molar-refractivity contribution in [1.82, 2.24) is 5.32 Å². The lowest BCUT2D eigenvalue weighted by atomic mass is 10.1. The summed E-state index contributed by atoms with van der Waals surface area (Å²) in [7, 11) is 0. The number of ether oxygens (including phenoxy) is 1. The fourth-order valence-electron chi connectivity index (χ4n) is 1.87. The SMILES string of the molecule is CC(C)(C)OC(=O)NCCCCc1cccc(CN)c1. The minimum Gasteiger partial charge on any atom is -0.444 e. The van der Waals surface area contributed by atoms with E-state index in [2.05, 4.69) is 17.4 Å². The first-order chi connectivity index (χ1) is 9.40. The Kier molecular flexibility index (Phi) is 6.52. The Morgan fingerprint density at radius 2 is 1.95 bits per heavy atom. The molecule has 4 heteroatoms. The van der Waals surface area contributed by atoms with Crippen molar-refractivity contribution < 1.29 is 9.53 Å². The van der Waals surface area contributed by atoms with Crippen LogP contribution >= 0.6 is 0 Å². The maximum atomic E-state index is 11.4. The van der Waals surface area contributed by atoms with Gasteiger partial charge >= 0.3 is 6.09 Å². The maximum absolute atomic E-state index is 11.4. The molecule has 0 atom stereocenters. The predicted molar refractivity (Wildman–Crippen MR) is 81.5 cm³/mol. The number of unbranched alkanes of at least 4 members (excludes halogenated alkanes) is 1. The van der Waals surface area contributed by atoms with Gasteiger partial charge in [0.2, 0.25) is 0 Å². The smallest absolute Gasteiger partial charge is 0.407 e. The van der Waals surface area contributed by atoms with E-state index in [1.54, 1.807) is 0 Å². The molecule has 1 amide bonds. The summed E-state index contributed by atoms with van der Waals surface area (Å²) in [6.07, 6.45) is 2.63. The normalized spacial score (nSPS) is 11.2. The molecule has 1 rings (SSSR count). The van der Waals surface area contributed by atoms with Gasteiger partial charge in [-0.2, -0.15) is 0 Å². The van der Waals surface area contributed by atoms with Crippen molar-refractivity contribution in [3.05, 3.63) is 35.4 Å². The average Bonchev–Trinajstić information content (AvgIpc) is 2.36. The number of carbonyl (C=O) groups excluding carboxylic acids is 1. The number of benzene rings is 1. The van der Waals surface area contributed by atoms with Gasteiger partial charge in [-0.1, -0.05) is 24.3 Å². The molecule has 1 aromatic carbocycles. The van der Waals surface area contributed by atoms with Crippen LogP contribution in [0.25, 0.3) is 0 Å². The number of nitrogens with one attached hydrogen (secondary N) is 1. The second kappa shape index (κ2) is 7.90. The lowest BCUT2D eigenvalue weighted by molar-refractivity contribution is 0.0527. The molecule has 0 radical (unpaired) electrons. The van der Waals surface area contributed by atoms with Crippen LogP contribution in [0.4, 0.5) is 4.79 Å². The highest BCUT2D eigenvalue weighted by molar-refractivity contribution is 5.67. The van der Waals surface area contributed by atoms with Crippen LogP contribution in [0.2, 0.25) is 0 Å². The fourth-order valence-corrected chi connectivity index (χ4v) is 1.87. The number of rotatable bonds is 6. The Labute approximate surface area is 121 Å². The fraction of sp³-hybridized carbons (Fsp3) is 0.562. The summed E-state index contributed by atoms with van der Waals surface area (Å²) < 4.78 is 5.17. The zero-order chi connectivity index (χ0) is 15.0. The highest BCUT2D eigenvalue weighted by Crippen LogP contribution is 2.09. The zero-order valence-electron chi connectivity index (χ0n) is 12.7. The summed E-state index contributed by atoms with van der Waals surface area (Å²) in [4.78, 5) is 11.4. The quantitative estimate of drug-likeness (QED) is 0.786. The van der Waals surface area contributed by atoms with E-state index < -0.39 is 5.60 Å². The third kappa shape index (κ3) is 7.14. The molecule has 0 aliphatic heterocycles. The summed E-state index contributed by atoms with van der Waals surface area (Å²) in [5, 5.41) is 2.77. The molecular weight excluding hydrogens is 252 g/mol. The second-order valence-electron chi connectivity index (χ2n) is 5.91. The molecule has 0 unspecified atom stereocenters.